The highest BCUT2D eigenvalue weighted by molar-refractivity contribution is 5.91. The van der Waals surface area contributed by atoms with Crippen molar-refractivity contribution in [1.82, 2.24) is 5.43 Å². The zero-order valence-corrected chi connectivity index (χ0v) is 24.1. The van der Waals surface area contributed by atoms with Crippen LogP contribution >= 0.6 is 0 Å². The van der Waals surface area contributed by atoms with Gasteiger partial charge in [-0.2, -0.15) is 5.10 Å². The standard InChI is InChI=1S/C33H48N2O4/c1-3-4-5-6-7-8-9-10-11-12-13-14-15-16-17-18-32(36)35-34-27-28-19-23-31(24-20-28)39-33(37)29-21-25-30(38-2)26-22-29/h19-27H,3-18H2,1-2H3,(H,35,36)/b34-27+. The van der Waals surface area contributed by atoms with Gasteiger partial charge in [-0.05, 0) is 60.5 Å². The number of hydrogen-bond acceptors (Lipinski definition) is 5. The second-order valence-electron chi connectivity index (χ2n) is 10.2. The van der Waals surface area contributed by atoms with Gasteiger partial charge in [-0.15, -0.1) is 0 Å². The summed E-state index contributed by atoms with van der Waals surface area (Å²) in [4.78, 5) is 24.3. The quantitative estimate of drug-likeness (QED) is 0.0569. The van der Waals surface area contributed by atoms with Crippen LogP contribution < -0.4 is 14.9 Å². The van der Waals surface area contributed by atoms with Gasteiger partial charge in [0, 0.05) is 6.42 Å². The highest BCUT2D eigenvalue weighted by Crippen LogP contribution is 2.17. The number of carbonyl (C=O) groups excluding carboxylic acids is 2. The van der Waals surface area contributed by atoms with Gasteiger partial charge in [-0.3, -0.25) is 4.79 Å². The van der Waals surface area contributed by atoms with Crippen molar-refractivity contribution >= 4 is 18.1 Å². The Morgan fingerprint density at radius 2 is 1.18 bits per heavy atom. The number of hydrazone groups is 1. The summed E-state index contributed by atoms with van der Waals surface area (Å²) in [5, 5.41) is 4.04. The second kappa shape index (κ2) is 20.8. The minimum absolute atomic E-state index is 0.0639. The summed E-state index contributed by atoms with van der Waals surface area (Å²) < 4.78 is 10.5. The molecule has 2 aromatic carbocycles. The second-order valence-corrected chi connectivity index (χ2v) is 10.2. The van der Waals surface area contributed by atoms with Crippen LogP contribution in [0.2, 0.25) is 0 Å². The van der Waals surface area contributed by atoms with Crippen molar-refractivity contribution in [3.63, 3.8) is 0 Å². The largest absolute Gasteiger partial charge is 0.497 e. The Hall–Kier alpha value is -3.15. The predicted octanol–water partition coefficient (Wildman–Crippen LogP) is 8.63. The van der Waals surface area contributed by atoms with Gasteiger partial charge in [0.25, 0.3) is 0 Å². The SMILES string of the molecule is CCCCCCCCCCCCCCCCCC(=O)N/N=C/c1ccc(OC(=O)c2ccc(OC)cc2)cc1. The summed E-state index contributed by atoms with van der Waals surface area (Å²) in [5.41, 5.74) is 3.83. The van der Waals surface area contributed by atoms with Gasteiger partial charge in [-0.25, -0.2) is 10.2 Å². The van der Waals surface area contributed by atoms with Crippen LogP contribution in [0.25, 0.3) is 0 Å². The molecule has 0 saturated heterocycles. The van der Waals surface area contributed by atoms with Crippen molar-refractivity contribution in [2.24, 2.45) is 5.10 Å². The summed E-state index contributed by atoms with van der Waals surface area (Å²) in [5.74, 6) is 0.610. The van der Waals surface area contributed by atoms with E-state index in [1.807, 2.05) is 0 Å². The molecule has 214 valence electrons. The molecule has 0 spiro atoms. The van der Waals surface area contributed by atoms with Crippen LogP contribution in [0.15, 0.2) is 53.6 Å². The summed E-state index contributed by atoms with van der Waals surface area (Å²) in [6.07, 6.45) is 21.7. The van der Waals surface area contributed by atoms with E-state index in [2.05, 4.69) is 17.5 Å². The first-order valence-corrected chi connectivity index (χ1v) is 14.9. The van der Waals surface area contributed by atoms with Crippen LogP contribution in [0, 0.1) is 0 Å². The van der Waals surface area contributed by atoms with Crippen LogP contribution in [-0.4, -0.2) is 25.2 Å². The number of ether oxygens (including phenoxy) is 2. The number of unbranched alkanes of at least 4 members (excludes halogenated alkanes) is 14. The van der Waals surface area contributed by atoms with Crippen molar-refractivity contribution in [3.8, 4) is 11.5 Å². The fourth-order valence-electron chi connectivity index (χ4n) is 4.41. The minimum Gasteiger partial charge on any atom is -0.497 e. The molecule has 0 unspecified atom stereocenters. The lowest BCUT2D eigenvalue weighted by atomic mass is 10.0. The number of rotatable bonds is 21. The Balaban J connectivity index is 1.47. The fourth-order valence-corrected chi connectivity index (χ4v) is 4.41. The lowest BCUT2D eigenvalue weighted by Gasteiger charge is -2.05. The minimum atomic E-state index is -0.440. The van der Waals surface area contributed by atoms with Crippen molar-refractivity contribution in [1.29, 1.82) is 0 Å². The first-order valence-electron chi connectivity index (χ1n) is 14.9. The average Bonchev–Trinajstić information content (AvgIpc) is 2.96. The molecule has 0 fully saturated rings. The monoisotopic (exact) mass is 536 g/mol. The molecule has 0 aromatic heterocycles. The fraction of sp³-hybridized carbons (Fsp3) is 0.545. The van der Waals surface area contributed by atoms with E-state index in [1.165, 1.54) is 83.5 Å². The number of esters is 1. The molecule has 1 N–H and O–H groups in total. The van der Waals surface area contributed by atoms with Gasteiger partial charge in [0.05, 0.1) is 18.9 Å². The van der Waals surface area contributed by atoms with Crippen LogP contribution in [0.5, 0.6) is 11.5 Å². The third kappa shape index (κ3) is 15.1. The molecule has 6 heteroatoms. The molecule has 2 rings (SSSR count). The van der Waals surface area contributed by atoms with Crippen LogP contribution in [0.1, 0.15) is 126 Å². The molecule has 0 atom stereocenters. The van der Waals surface area contributed by atoms with Gasteiger partial charge < -0.3 is 9.47 Å². The normalized spacial score (nSPS) is 11.0. The van der Waals surface area contributed by atoms with E-state index in [9.17, 15) is 9.59 Å². The summed E-state index contributed by atoms with van der Waals surface area (Å²) >= 11 is 0. The van der Waals surface area contributed by atoms with E-state index in [-0.39, 0.29) is 5.91 Å². The first kappa shape index (κ1) is 32.1. The molecule has 0 aliphatic heterocycles. The molecule has 0 bridgehead atoms. The molecule has 39 heavy (non-hydrogen) atoms. The Morgan fingerprint density at radius 1 is 0.692 bits per heavy atom. The zero-order valence-electron chi connectivity index (χ0n) is 24.1. The lowest BCUT2D eigenvalue weighted by molar-refractivity contribution is -0.121. The van der Waals surface area contributed by atoms with Crippen molar-refractivity contribution in [3.05, 3.63) is 59.7 Å². The highest BCUT2D eigenvalue weighted by Gasteiger charge is 2.08. The van der Waals surface area contributed by atoms with Crippen molar-refractivity contribution in [2.75, 3.05) is 7.11 Å². The number of benzene rings is 2. The van der Waals surface area contributed by atoms with E-state index >= 15 is 0 Å². The number of nitrogens with one attached hydrogen (secondary N) is 1. The average molecular weight is 537 g/mol. The molecule has 0 heterocycles. The number of amides is 1. The molecular formula is C33H48N2O4. The van der Waals surface area contributed by atoms with Gasteiger partial charge in [0.2, 0.25) is 5.91 Å². The Morgan fingerprint density at radius 3 is 1.69 bits per heavy atom. The van der Waals surface area contributed by atoms with Gasteiger partial charge in [0.15, 0.2) is 0 Å². The molecule has 6 nitrogen and oxygen atoms in total. The smallest absolute Gasteiger partial charge is 0.343 e. The van der Waals surface area contributed by atoms with Crippen LogP contribution in [-0.2, 0) is 4.79 Å². The maximum Gasteiger partial charge on any atom is 0.343 e. The number of methoxy groups -OCH3 is 1. The topological polar surface area (TPSA) is 77.0 Å². The molecule has 2 aromatic rings. The molecule has 0 aliphatic carbocycles. The number of nitrogens with zero attached hydrogens (tertiary/aromatic N) is 1. The van der Waals surface area contributed by atoms with Crippen LogP contribution in [0.4, 0.5) is 0 Å². The van der Waals surface area contributed by atoms with E-state index in [0.717, 1.165) is 18.4 Å². The number of carbonyl (C=O) groups is 2. The van der Waals surface area contributed by atoms with E-state index < -0.39 is 5.97 Å². The first-order chi connectivity index (χ1) is 19.1. The van der Waals surface area contributed by atoms with E-state index in [0.29, 0.717) is 23.5 Å². The molecular weight excluding hydrogens is 488 g/mol. The third-order valence-corrected chi connectivity index (χ3v) is 6.83. The number of hydrogen-bond donors (Lipinski definition) is 1. The van der Waals surface area contributed by atoms with Gasteiger partial charge in [-0.1, -0.05) is 96.8 Å². The summed E-state index contributed by atoms with van der Waals surface area (Å²) in [6.45, 7) is 2.27. The molecule has 1 amide bonds. The summed E-state index contributed by atoms with van der Waals surface area (Å²) in [6, 6.07) is 13.7. The third-order valence-electron chi connectivity index (χ3n) is 6.83. The summed E-state index contributed by atoms with van der Waals surface area (Å²) in [7, 11) is 1.57. The predicted molar refractivity (Wildman–Crippen MR) is 160 cm³/mol. The maximum absolute atomic E-state index is 12.3. The van der Waals surface area contributed by atoms with E-state index in [4.69, 9.17) is 9.47 Å². The van der Waals surface area contributed by atoms with Gasteiger partial charge >= 0.3 is 5.97 Å². The van der Waals surface area contributed by atoms with Crippen molar-refractivity contribution in [2.45, 2.75) is 110 Å². The molecule has 0 aliphatic rings. The van der Waals surface area contributed by atoms with E-state index in [1.54, 1.807) is 61.9 Å². The molecule has 0 radical (unpaired) electrons. The van der Waals surface area contributed by atoms with Gasteiger partial charge in [0.1, 0.15) is 11.5 Å². The zero-order chi connectivity index (χ0) is 28.0. The lowest BCUT2D eigenvalue weighted by Crippen LogP contribution is -2.16. The Bertz CT molecular complexity index is 955. The van der Waals surface area contributed by atoms with Crippen molar-refractivity contribution < 1.29 is 19.1 Å². The maximum atomic E-state index is 12.3. The highest BCUT2D eigenvalue weighted by atomic mass is 16.5. The van der Waals surface area contributed by atoms with Crippen LogP contribution in [0.3, 0.4) is 0 Å². The Labute approximate surface area is 235 Å². The Kier molecular flexibility index (Phi) is 17.1. The molecule has 0 saturated carbocycles.